The van der Waals surface area contributed by atoms with Crippen LogP contribution in [0, 0.1) is 5.92 Å². The molecular weight excluding hydrogens is 110 g/mol. The third kappa shape index (κ3) is 5.28. The van der Waals surface area contributed by atoms with Crippen LogP contribution >= 0.6 is 0 Å². The van der Waals surface area contributed by atoms with Gasteiger partial charge in [-0.25, -0.2) is 0 Å². The molecule has 0 radical (unpaired) electrons. The summed E-state index contributed by atoms with van der Waals surface area (Å²) in [5.74, 6) is 0.661. The fourth-order valence-electron chi connectivity index (χ4n) is 0.419. The van der Waals surface area contributed by atoms with Gasteiger partial charge in [-0.1, -0.05) is 26.3 Å². The smallest absolute Gasteiger partial charge is 0.0226 e. The van der Waals surface area contributed by atoms with Crippen LogP contribution in [-0.2, 0) is 0 Å². The molecule has 9 heavy (non-hydrogen) atoms. The third-order valence-electron chi connectivity index (χ3n) is 1.29. The van der Waals surface area contributed by atoms with E-state index in [1.54, 1.807) is 6.21 Å². The second-order valence-corrected chi connectivity index (χ2v) is 2.13. The van der Waals surface area contributed by atoms with Crippen molar-refractivity contribution in [3.63, 3.8) is 0 Å². The number of allylic oxidation sites excluding steroid dienone is 1. The first kappa shape index (κ1) is 8.41. The lowest BCUT2D eigenvalue weighted by molar-refractivity contribution is 0.697. The summed E-state index contributed by atoms with van der Waals surface area (Å²) >= 11 is 0. The first-order valence-corrected chi connectivity index (χ1v) is 3.45. The van der Waals surface area contributed by atoms with Gasteiger partial charge in [0.15, 0.2) is 0 Å². The molecule has 0 aliphatic heterocycles. The summed E-state index contributed by atoms with van der Waals surface area (Å²) in [6.07, 6.45) is 6.95. The van der Waals surface area contributed by atoms with Crippen LogP contribution in [0.15, 0.2) is 17.3 Å². The maximum Gasteiger partial charge on any atom is 0.0226 e. The second kappa shape index (κ2) is 5.54. The zero-order valence-electron chi connectivity index (χ0n) is 6.46. The Labute approximate surface area is 57.5 Å². The average molecular weight is 125 g/mol. The van der Waals surface area contributed by atoms with Crippen molar-refractivity contribution in [1.29, 1.82) is 0 Å². The fourth-order valence-corrected chi connectivity index (χ4v) is 0.419. The van der Waals surface area contributed by atoms with Crippen LogP contribution in [0.1, 0.15) is 27.2 Å². The molecule has 0 N–H and O–H groups in total. The van der Waals surface area contributed by atoms with Crippen molar-refractivity contribution in [2.45, 2.75) is 27.2 Å². The van der Waals surface area contributed by atoms with Crippen LogP contribution in [0.25, 0.3) is 0 Å². The van der Waals surface area contributed by atoms with Crippen molar-refractivity contribution >= 4 is 6.21 Å². The first-order valence-electron chi connectivity index (χ1n) is 3.45. The molecule has 0 heterocycles. The fraction of sp³-hybridized carbons (Fsp3) is 0.625. The summed E-state index contributed by atoms with van der Waals surface area (Å²) in [4.78, 5) is 3.95. The highest BCUT2D eigenvalue weighted by Gasteiger charge is 1.87. The standard InChI is InChI=1S/C8H15N/c1-4-8(3)6-7-9-5-2/h5-8H,4H2,1-3H3. The van der Waals surface area contributed by atoms with E-state index in [0.717, 1.165) is 0 Å². The molecule has 0 aromatic rings. The minimum atomic E-state index is 0.661. The predicted octanol–water partition coefficient (Wildman–Crippen LogP) is 2.64. The Balaban J connectivity index is 3.43. The first-order chi connectivity index (χ1) is 4.31. The van der Waals surface area contributed by atoms with E-state index in [2.05, 4.69) is 24.9 Å². The van der Waals surface area contributed by atoms with E-state index >= 15 is 0 Å². The maximum absolute atomic E-state index is 3.95. The van der Waals surface area contributed by atoms with Crippen molar-refractivity contribution in [1.82, 2.24) is 0 Å². The third-order valence-corrected chi connectivity index (χ3v) is 1.29. The van der Waals surface area contributed by atoms with E-state index < -0.39 is 0 Å². The van der Waals surface area contributed by atoms with E-state index in [1.807, 2.05) is 13.1 Å². The molecule has 52 valence electrons. The van der Waals surface area contributed by atoms with Gasteiger partial charge in [-0.05, 0) is 12.8 Å². The van der Waals surface area contributed by atoms with Gasteiger partial charge in [-0.15, -0.1) is 0 Å². The van der Waals surface area contributed by atoms with Gasteiger partial charge in [0, 0.05) is 12.4 Å². The molecule has 0 amide bonds. The number of hydrogen-bond donors (Lipinski definition) is 0. The van der Waals surface area contributed by atoms with E-state index in [4.69, 9.17) is 0 Å². The Morgan fingerprint density at radius 1 is 1.56 bits per heavy atom. The Kier molecular flexibility index (Phi) is 5.18. The number of nitrogens with zero attached hydrogens (tertiary/aromatic N) is 1. The zero-order chi connectivity index (χ0) is 7.11. The molecule has 0 spiro atoms. The lowest BCUT2D eigenvalue weighted by atomic mass is 10.1. The van der Waals surface area contributed by atoms with Crippen LogP contribution in [0.5, 0.6) is 0 Å². The molecular formula is C8H15N. The SMILES string of the molecule is CC=NC=CC(C)CC. The molecule has 1 unspecified atom stereocenters. The summed E-state index contributed by atoms with van der Waals surface area (Å²) in [7, 11) is 0. The quantitative estimate of drug-likeness (QED) is 0.514. The number of hydrogen-bond acceptors (Lipinski definition) is 1. The molecule has 0 fully saturated rings. The summed E-state index contributed by atoms with van der Waals surface area (Å²) in [5.41, 5.74) is 0. The molecule has 1 heteroatoms. The van der Waals surface area contributed by atoms with Crippen LogP contribution in [-0.4, -0.2) is 6.21 Å². The van der Waals surface area contributed by atoms with Crippen molar-refractivity contribution in [2.75, 3.05) is 0 Å². The molecule has 0 saturated carbocycles. The van der Waals surface area contributed by atoms with Crippen molar-refractivity contribution in [2.24, 2.45) is 10.9 Å². The molecule has 0 aromatic heterocycles. The van der Waals surface area contributed by atoms with Crippen LogP contribution in [0.4, 0.5) is 0 Å². The van der Waals surface area contributed by atoms with Gasteiger partial charge in [-0.3, -0.25) is 4.99 Å². The Hall–Kier alpha value is -0.590. The predicted molar refractivity (Wildman–Crippen MR) is 42.8 cm³/mol. The Morgan fingerprint density at radius 2 is 2.22 bits per heavy atom. The highest BCUT2D eigenvalue weighted by Crippen LogP contribution is 2.00. The minimum absolute atomic E-state index is 0.661. The molecule has 0 aliphatic carbocycles. The zero-order valence-corrected chi connectivity index (χ0v) is 6.46. The largest absolute Gasteiger partial charge is 0.270 e. The summed E-state index contributed by atoms with van der Waals surface area (Å²) in [5, 5.41) is 0. The lowest BCUT2D eigenvalue weighted by Crippen LogP contribution is -1.82. The van der Waals surface area contributed by atoms with Crippen LogP contribution < -0.4 is 0 Å². The van der Waals surface area contributed by atoms with Gasteiger partial charge in [0.1, 0.15) is 0 Å². The van der Waals surface area contributed by atoms with Gasteiger partial charge in [0.2, 0.25) is 0 Å². The molecule has 0 saturated heterocycles. The second-order valence-electron chi connectivity index (χ2n) is 2.13. The molecule has 0 aliphatic rings. The number of rotatable bonds is 3. The maximum atomic E-state index is 3.95. The van der Waals surface area contributed by atoms with Gasteiger partial charge in [0.25, 0.3) is 0 Å². The lowest BCUT2D eigenvalue weighted by Gasteiger charge is -1.95. The summed E-state index contributed by atoms with van der Waals surface area (Å²) in [6.45, 7) is 6.27. The highest BCUT2D eigenvalue weighted by atomic mass is 14.6. The van der Waals surface area contributed by atoms with Gasteiger partial charge in [0.05, 0.1) is 0 Å². The van der Waals surface area contributed by atoms with Gasteiger partial charge < -0.3 is 0 Å². The van der Waals surface area contributed by atoms with Crippen molar-refractivity contribution < 1.29 is 0 Å². The van der Waals surface area contributed by atoms with Crippen LogP contribution in [0.3, 0.4) is 0 Å². The van der Waals surface area contributed by atoms with E-state index in [1.165, 1.54) is 6.42 Å². The van der Waals surface area contributed by atoms with E-state index in [0.29, 0.717) is 5.92 Å². The van der Waals surface area contributed by atoms with Crippen molar-refractivity contribution in [3.05, 3.63) is 12.3 Å². The molecule has 1 atom stereocenters. The molecule has 0 aromatic carbocycles. The normalized spacial score (nSPS) is 15.4. The average Bonchev–Trinajstić information content (AvgIpc) is 1.89. The highest BCUT2D eigenvalue weighted by molar-refractivity contribution is 5.54. The van der Waals surface area contributed by atoms with E-state index in [9.17, 15) is 0 Å². The molecule has 0 rings (SSSR count). The summed E-state index contributed by atoms with van der Waals surface area (Å²) < 4.78 is 0. The Morgan fingerprint density at radius 3 is 2.67 bits per heavy atom. The van der Waals surface area contributed by atoms with E-state index in [-0.39, 0.29) is 0 Å². The minimum Gasteiger partial charge on any atom is -0.270 e. The van der Waals surface area contributed by atoms with Crippen molar-refractivity contribution in [3.8, 4) is 0 Å². The molecule has 1 nitrogen and oxygen atoms in total. The van der Waals surface area contributed by atoms with Crippen LogP contribution in [0.2, 0.25) is 0 Å². The Bertz CT molecular complexity index is 103. The monoisotopic (exact) mass is 125 g/mol. The van der Waals surface area contributed by atoms with Gasteiger partial charge in [-0.2, -0.15) is 0 Å². The van der Waals surface area contributed by atoms with Gasteiger partial charge >= 0.3 is 0 Å². The number of aliphatic imine (C=N–C) groups is 1. The molecule has 0 bridgehead atoms. The summed E-state index contributed by atoms with van der Waals surface area (Å²) in [6, 6.07) is 0. The topological polar surface area (TPSA) is 12.4 Å².